The molecule has 16 heteroatoms. The number of carboxylic acid groups (broad SMARTS) is 1. The van der Waals surface area contributed by atoms with Crippen LogP contribution in [0.15, 0.2) is 91.0 Å². The van der Waals surface area contributed by atoms with Gasteiger partial charge in [0.25, 0.3) is 0 Å². The third-order valence-electron chi connectivity index (χ3n) is 12.9. The number of hydrogen-bond acceptors (Lipinski definition) is 12. The quantitative estimate of drug-likeness (QED) is 0.173. The normalized spacial score (nSPS) is 18.4. The Bertz CT molecular complexity index is 2050. The summed E-state index contributed by atoms with van der Waals surface area (Å²) in [6, 6.07) is 31.5. The molecule has 4 saturated heterocycles. The van der Waals surface area contributed by atoms with E-state index in [1.807, 2.05) is 38.4 Å². The van der Waals surface area contributed by atoms with E-state index >= 15 is 0 Å². The van der Waals surface area contributed by atoms with Gasteiger partial charge in [0.05, 0.1) is 5.92 Å². The first-order valence-corrected chi connectivity index (χ1v) is 23.1. The van der Waals surface area contributed by atoms with Gasteiger partial charge in [-0.3, -0.25) is 24.3 Å². The van der Waals surface area contributed by atoms with Crippen molar-refractivity contribution in [3.8, 4) is 0 Å². The number of aliphatic carboxylic acids is 1. The van der Waals surface area contributed by atoms with E-state index in [9.17, 15) is 9.59 Å². The van der Waals surface area contributed by atoms with E-state index in [0.29, 0.717) is 11.8 Å². The SMILES string of the molecule is CNC(=O)C1CCN(Cc2ccccc2)CC1.Cn1nnnc1C1CCN(Cc2ccccc2)CC1.Cn1nnnc1C1CCNCC1.O=C(O)C1CCN(Cc2ccccc2)CC1. The number of aryl methyl sites for hydroxylation is 2. The fraction of sp³-hybridized carbons (Fsp3) is 0.542. The maximum Gasteiger partial charge on any atom is 0.306 e. The van der Waals surface area contributed by atoms with Crippen molar-refractivity contribution in [2.45, 2.75) is 82.8 Å². The molecule has 3 N–H and O–H groups in total. The van der Waals surface area contributed by atoms with Crippen molar-refractivity contribution in [1.29, 1.82) is 0 Å². The first kappa shape index (κ1) is 48.0. The van der Waals surface area contributed by atoms with E-state index in [-0.39, 0.29) is 17.7 Å². The molecule has 0 bridgehead atoms. The molecule has 0 radical (unpaired) electrons. The Morgan fingerprint density at radius 2 is 0.922 bits per heavy atom. The zero-order valence-electron chi connectivity index (χ0n) is 38.1. The van der Waals surface area contributed by atoms with Crippen molar-refractivity contribution >= 4 is 11.9 Å². The predicted molar refractivity (Wildman–Crippen MR) is 247 cm³/mol. The van der Waals surface area contributed by atoms with Gasteiger partial charge in [-0.2, -0.15) is 0 Å². The summed E-state index contributed by atoms with van der Waals surface area (Å²) < 4.78 is 3.58. The lowest BCUT2D eigenvalue weighted by Crippen LogP contribution is -2.39. The van der Waals surface area contributed by atoms with Crippen LogP contribution in [0.25, 0.3) is 0 Å². The second-order valence-electron chi connectivity index (χ2n) is 17.4. The van der Waals surface area contributed by atoms with E-state index in [2.05, 4.69) is 123 Å². The number of carbonyl (C=O) groups excluding carboxylic acids is 1. The smallest absolute Gasteiger partial charge is 0.306 e. The number of carbonyl (C=O) groups is 2. The van der Waals surface area contributed by atoms with Gasteiger partial charge in [0.15, 0.2) is 11.6 Å². The van der Waals surface area contributed by atoms with E-state index in [4.69, 9.17) is 5.11 Å². The summed E-state index contributed by atoms with van der Waals surface area (Å²) in [6.45, 7) is 11.2. The van der Waals surface area contributed by atoms with Crippen molar-refractivity contribution in [3.63, 3.8) is 0 Å². The predicted octanol–water partition coefficient (Wildman–Crippen LogP) is 4.89. The van der Waals surface area contributed by atoms with Crippen molar-refractivity contribution < 1.29 is 14.7 Å². The number of hydrogen-bond donors (Lipinski definition) is 3. The number of likely N-dealkylation sites (tertiary alicyclic amines) is 3. The molecule has 0 atom stereocenters. The molecule has 0 saturated carbocycles. The third kappa shape index (κ3) is 15.4. The highest BCUT2D eigenvalue weighted by molar-refractivity contribution is 5.78. The van der Waals surface area contributed by atoms with Gasteiger partial charge in [-0.05, 0) is 141 Å². The van der Waals surface area contributed by atoms with Gasteiger partial charge < -0.3 is 15.7 Å². The van der Waals surface area contributed by atoms with Crippen molar-refractivity contribution in [3.05, 3.63) is 119 Å². The molecule has 4 fully saturated rings. The van der Waals surface area contributed by atoms with Crippen LogP contribution in [0.1, 0.15) is 91.5 Å². The fourth-order valence-electron chi connectivity index (χ4n) is 9.01. The lowest BCUT2D eigenvalue weighted by Gasteiger charge is -2.31. The minimum Gasteiger partial charge on any atom is -0.481 e. The van der Waals surface area contributed by atoms with Gasteiger partial charge in [-0.15, -0.1) is 10.2 Å². The van der Waals surface area contributed by atoms with Crippen LogP contribution in [-0.2, 0) is 43.3 Å². The maximum atomic E-state index is 11.5. The number of aromatic nitrogens is 8. The zero-order valence-corrected chi connectivity index (χ0v) is 38.1. The third-order valence-corrected chi connectivity index (χ3v) is 12.9. The molecular formula is C48H69N13O3. The molecule has 4 aliphatic heterocycles. The van der Waals surface area contributed by atoms with E-state index in [1.165, 1.54) is 16.7 Å². The van der Waals surface area contributed by atoms with Crippen molar-refractivity contribution in [2.75, 3.05) is 59.4 Å². The molecule has 0 aliphatic carbocycles. The molecule has 5 aromatic rings. The van der Waals surface area contributed by atoms with Gasteiger partial charge in [0, 0.05) is 58.5 Å². The number of carboxylic acids is 1. The van der Waals surface area contributed by atoms with Gasteiger partial charge in [-0.25, -0.2) is 9.36 Å². The van der Waals surface area contributed by atoms with Crippen LogP contribution in [-0.4, -0.2) is 132 Å². The van der Waals surface area contributed by atoms with Crippen LogP contribution in [0.5, 0.6) is 0 Å². The average molecular weight is 876 g/mol. The Labute approximate surface area is 378 Å². The van der Waals surface area contributed by atoms with Crippen LogP contribution in [0.2, 0.25) is 0 Å². The summed E-state index contributed by atoms with van der Waals surface area (Å²) in [6.07, 6.45) is 8.09. The van der Waals surface area contributed by atoms with Crippen LogP contribution in [0, 0.1) is 11.8 Å². The van der Waals surface area contributed by atoms with Crippen molar-refractivity contribution in [1.82, 2.24) is 65.7 Å². The summed E-state index contributed by atoms with van der Waals surface area (Å²) >= 11 is 0. The highest BCUT2D eigenvalue weighted by Gasteiger charge is 2.26. The lowest BCUT2D eigenvalue weighted by molar-refractivity contribution is -0.143. The molecule has 4 aliphatic rings. The Kier molecular flexibility index (Phi) is 19.3. The molecular weight excluding hydrogens is 807 g/mol. The Morgan fingerprint density at radius 3 is 1.27 bits per heavy atom. The first-order valence-electron chi connectivity index (χ1n) is 23.1. The second-order valence-corrected chi connectivity index (χ2v) is 17.4. The van der Waals surface area contributed by atoms with Gasteiger partial charge in [0.1, 0.15) is 0 Å². The van der Waals surface area contributed by atoms with Crippen LogP contribution in [0.3, 0.4) is 0 Å². The first-order chi connectivity index (χ1) is 31.2. The summed E-state index contributed by atoms with van der Waals surface area (Å²) in [5.41, 5.74) is 4.04. The zero-order chi connectivity index (χ0) is 44.9. The molecule has 1 amide bonds. The maximum absolute atomic E-state index is 11.5. The van der Waals surface area contributed by atoms with Crippen LogP contribution in [0.4, 0.5) is 0 Å². The molecule has 344 valence electrons. The largest absolute Gasteiger partial charge is 0.481 e. The monoisotopic (exact) mass is 876 g/mol. The molecule has 6 heterocycles. The molecule has 2 aromatic heterocycles. The molecule has 0 spiro atoms. The van der Waals surface area contributed by atoms with Gasteiger partial charge in [-0.1, -0.05) is 91.0 Å². The molecule has 3 aromatic carbocycles. The standard InChI is InChI=1S/C14H19N5.C14H20N2O.C13H17NO2.C7H13N5/c1-18-14(15-16-17-18)13-7-9-19(10-8-13)11-12-5-3-2-4-6-12;1-15-14(17)13-7-9-16(10-8-13)11-12-5-3-2-4-6-12;15-13(16)12-6-8-14(9-7-12)10-11-4-2-1-3-5-11;1-12-7(9-10-11-12)6-2-4-8-5-3-6/h2-6,13H,7-11H2,1H3;2-6,13H,7-11H2,1H3,(H,15,17);1-5,12H,6-10H2,(H,15,16);6,8H,2-5H2,1H3. The van der Waals surface area contributed by atoms with Crippen LogP contribution >= 0.6 is 0 Å². The Balaban J connectivity index is 0.000000143. The number of nitrogens with zero attached hydrogens (tertiary/aromatic N) is 11. The fourth-order valence-corrected chi connectivity index (χ4v) is 9.01. The topological polar surface area (TPSA) is 175 Å². The number of benzene rings is 3. The van der Waals surface area contributed by atoms with Crippen LogP contribution < -0.4 is 10.6 Å². The van der Waals surface area contributed by atoms with E-state index < -0.39 is 5.97 Å². The molecule has 64 heavy (non-hydrogen) atoms. The summed E-state index contributed by atoms with van der Waals surface area (Å²) in [4.78, 5) is 29.6. The molecule has 16 nitrogen and oxygen atoms in total. The number of amides is 1. The average Bonchev–Trinajstić information content (AvgIpc) is 3.99. The van der Waals surface area contributed by atoms with E-state index in [1.54, 1.807) is 16.4 Å². The Morgan fingerprint density at radius 1 is 0.562 bits per heavy atom. The second kappa shape index (κ2) is 25.8. The lowest BCUT2D eigenvalue weighted by atomic mass is 9.95. The van der Waals surface area contributed by atoms with Gasteiger partial charge in [0.2, 0.25) is 5.91 Å². The number of rotatable bonds is 10. The molecule has 9 rings (SSSR count). The minimum absolute atomic E-state index is 0.132. The number of tetrazole rings is 2. The highest BCUT2D eigenvalue weighted by atomic mass is 16.4. The summed E-state index contributed by atoms with van der Waals surface area (Å²) in [7, 11) is 5.54. The van der Waals surface area contributed by atoms with Crippen molar-refractivity contribution in [2.24, 2.45) is 25.9 Å². The minimum atomic E-state index is -0.639. The number of nitrogens with one attached hydrogen (secondary N) is 2. The highest BCUT2D eigenvalue weighted by Crippen LogP contribution is 2.27. The van der Waals surface area contributed by atoms with E-state index in [0.717, 1.165) is 135 Å². The summed E-state index contributed by atoms with van der Waals surface area (Å²) in [5, 5.41) is 38.2. The van der Waals surface area contributed by atoms with Gasteiger partial charge >= 0.3 is 5.97 Å². The summed E-state index contributed by atoms with van der Waals surface area (Å²) in [5.74, 6) is 2.75. The molecule has 0 unspecified atom stereocenters. The Hall–Kier alpha value is -5.42. The number of piperidine rings is 4.